The predicted molar refractivity (Wildman–Crippen MR) is 105 cm³/mol. The molecule has 0 heterocycles. The van der Waals surface area contributed by atoms with Crippen LogP contribution in [0.2, 0.25) is 0 Å². The number of ether oxygens (including phenoxy) is 1. The molecule has 0 saturated heterocycles. The molecule has 1 atom stereocenters. The maximum Gasteiger partial charge on any atom is 0.255 e. The average molecular weight is 388 g/mol. The number of nitrogens with one attached hydrogen (secondary N) is 2. The fraction of sp³-hybridized carbons (Fsp3) is 0.350. The Morgan fingerprint density at radius 2 is 1.81 bits per heavy atom. The van der Waals surface area contributed by atoms with Crippen LogP contribution in [0.25, 0.3) is 0 Å². The van der Waals surface area contributed by atoms with Crippen molar-refractivity contribution in [3.63, 3.8) is 0 Å². The third-order valence-electron chi connectivity index (χ3n) is 4.56. The summed E-state index contributed by atoms with van der Waals surface area (Å²) in [5, 5.41) is 2.87. The summed E-state index contributed by atoms with van der Waals surface area (Å²) in [6, 6.07) is 11.5. The Kier molecular flexibility index (Phi) is 5.94. The Morgan fingerprint density at radius 1 is 1.11 bits per heavy atom. The number of hydrogen-bond acceptors (Lipinski definition) is 4. The second kappa shape index (κ2) is 8.21. The van der Waals surface area contributed by atoms with Crippen LogP contribution in [-0.2, 0) is 27.6 Å². The highest BCUT2D eigenvalue weighted by molar-refractivity contribution is 7.89. The summed E-state index contributed by atoms with van der Waals surface area (Å²) in [7, 11) is -2.14. The summed E-state index contributed by atoms with van der Waals surface area (Å²) in [4.78, 5) is 12.6. The fourth-order valence-electron chi connectivity index (χ4n) is 3.26. The molecule has 2 aromatic carbocycles. The molecule has 1 amide bonds. The van der Waals surface area contributed by atoms with E-state index in [9.17, 15) is 13.2 Å². The molecule has 0 aliphatic heterocycles. The largest absolute Gasteiger partial charge is 0.383 e. The van der Waals surface area contributed by atoms with Crippen molar-refractivity contribution < 1.29 is 17.9 Å². The molecule has 0 radical (unpaired) electrons. The molecule has 1 aliphatic carbocycles. The van der Waals surface area contributed by atoms with E-state index < -0.39 is 10.0 Å². The van der Waals surface area contributed by atoms with Crippen LogP contribution >= 0.6 is 0 Å². The van der Waals surface area contributed by atoms with Crippen LogP contribution < -0.4 is 10.0 Å². The zero-order valence-corrected chi connectivity index (χ0v) is 16.3. The number of anilines is 1. The molecular formula is C20H24N2O4S. The third-order valence-corrected chi connectivity index (χ3v) is 6.16. The Balaban J connectivity index is 1.68. The summed E-state index contributed by atoms with van der Waals surface area (Å²) >= 11 is 0. The van der Waals surface area contributed by atoms with Gasteiger partial charge in [-0.05, 0) is 73.7 Å². The van der Waals surface area contributed by atoms with Crippen LogP contribution in [0.3, 0.4) is 0 Å². The van der Waals surface area contributed by atoms with Gasteiger partial charge in [-0.25, -0.2) is 13.1 Å². The maximum atomic E-state index is 12.4. The highest BCUT2D eigenvalue weighted by Gasteiger charge is 2.18. The molecule has 0 aromatic heterocycles. The second-order valence-electron chi connectivity index (χ2n) is 6.79. The number of benzene rings is 2. The zero-order chi connectivity index (χ0) is 19.4. The van der Waals surface area contributed by atoms with E-state index in [1.807, 2.05) is 12.1 Å². The molecule has 2 aromatic rings. The van der Waals surface area contributed by atoms with Crippen molar-refractivity contribution in [3.05, 3.63) is 59.2 Å². The first-order valence-electron chi connectivity index (χ1n) is 8.93. The van der Waals surface area contributed by atoms with Crippen molar-refractivity contribution in [1.82, 2.24) is 4.72 Å². The summed E-state index contributed by atoms with van der Waals surface area (Å²) < 4.78 is 32.1. The van der Waals surface area contributed by atoms with Crippen molar-refractivity contribution in [2.24, 2.45) is 0 Å². The highest BCUT2D eigenvalue weighted by atomic mass is 32.2. The van der Waals surface area contributed by atoms with E-state index in [1.165, 1.54) is 42.5 Å². The highest BCUT2D eigenvalue weighted by Crippen LogP contribution is 2.25. The lowest BCUT2D eigenvalue weighted by molar-refractivity contribution is 0.102. The molecule has 7 heteroatoms. The minimum Gasteiger partial charge on any atom is -0.383 e. The van der Waals surface area contributed by atoms with Crippen molar-refractivity contribution in [2.75, 3.05) is 19.0 Å². The molecule has 0 fully saturated rings. The van der Waals surface area contributed by atoms with Crippen LogP contribution in [0.5, 0.6) is 0 Å². The Labute approximate surface area is 160 Å². The third kappa shape index (κ3) is 4.74. The summed E-state index contributed by atoms with van der Waals surface area (Å²) in [6.45, 7) is 2.00. The van der Waals surface area contributed by atoms with Gasteiger partial charge in [0, 0.05) is 24.4 Å². The van der Waals surface area contributed by atoms with Gasteiger partial charge in [0.25, 0.3) is 5.91 Å². The van der Waals surface area contributed by atoms with E-state index in [4.69, 9.17) is 4.74 Å². The van der Waals surface area contributed by atoms with Crippen molar-refractivity contribution >= 4 is 21.6 Å². The normalized spacial score (nSPS) is 14.6. The van der Waals surface area contributed by atoms with E-state index >= 15 is 0 Å². The molecular weight excluding hydrogens is 364 g/mol. The number of rotatable bonds is 7. The number of hydrogen-bond donors (Lipinski definition) is 2. The van der Waals surface area contributed by atoms with Crippen molar-refractivity contribution in [2.45, 2.75) is 37.1 Å². The zero-order valence-electron chi connectivity index (χ0n) is 15.5. The Morgan fingerprint density at radius 3 is 2.52 bits per heavy atom. The van der Waals surface area contributed by atoms with Gasteiger partial charge in [0.15, 0.2) is 0 Å². The summed E-state index contributed by atoms with van der Waals surface area (Å²) in [5.74, 6) is -0.266. The van der Waals surface area contributed by atoms with E-state index in [1.54, 1.807) is 6.92 Å². The van der Waals surface area contributed by atoms with Gasteiger partial charge in [0.1, 0.15) is 0 Å². The first kappa shape index (κ1) is 19.5. The smallest absolute Gasteiger partial charge is 0.255 e. The number of aryl methyl sites for hydroxylation is 2. The number of carbonyl (C=O) groups excluding carboxylic acids is 1. The second-order valence-corrected chi connectivity index (χ2v) is 8.51. The van der Waals surface area contributed by atoms with Gasteiger partial charge >= 0.3 is 0 Å². The van der Waals surface area contributed by atoms with Gasteiger partial charge in [-0.1, -0.05) is 6.07 Å². The molecule has 2 N–H and O–H groups in total. The van der Waals surface area contributed by atoms with Crippen LogP contribution in [0, 0.1) is 0 Å². The monoisotopic (exact) mass is 388 g/mol. The fourth-order valence-corrected chi connectivity index (χ4v) is 4.48. The Hall–Kier alpha value is -2.22. The molecule has 0 saturated carbocycles. The van der Waals surface area contributed by atoms with E-state index in [2.05, 4.69) is 16.1 Å². The number of carbonyl (C=O) groups is 1. The first-order chi connectivity index (χ1) is 12.9. The standard InChI is InChI=1S/C20H24N2O4S/c1-14(13-26-2)22-27(24,25)19-10-7-16(8-11-19)20(23)21-18-9-6-15-4-3-5-17(15)12-18/h6-12,14,22H,3-5,13H2,1-2H3,(H,21,23)/t14-/m0/s1. The maximum absolute atomic E-state index is 12.4. The van der Waals surface area contributed by atoms with Gasteiger partial charge in [-0.3, -0.25) is 4.79 Å². The number of fused-ring (bicyclic) bond motifs is 1. The van der Waals surface area contributed by atoms with E-state index in [-0.39, 0.29) is 23.5 Å². The van der Waals surface area contributed by atoms with Crippen LogP contribution in [0.1, 0.15) is 34.8 Å². The quantitative estimate of drug-likeness (QED) is 0.764. The van der Waals surface area contributed by atoms with Gasteiger partial charge in [0.05, 0.1) is 11.5 Å². The molecule has 0 bridgehead atoms. The average Bonchev–Trinajstić information content (AvgIpc) is 3.09. The topological polar surface area (TPSA) is 84.5 Å². The lowest BCUT2D eigenvalue weighted by atomic mass is 10.1. The lowest BCUT2D eigenvalue weighted by Gasteiger charge is -2.13. The van der Waals surface area contributed by atoms with Gasteiger partial charge < -0.3 is 10.1 Å². The van der Waals surface area contributed by atoms with E-state index in [0.29, 0.717) is 5.56 Å². The van der Waals surface area contributed by atoms with Crippen LogP contribution in [0.15, 0.2) is 47.4 Å². The molecule has 0 spiro atoms. The van der Waals surface area contributed by atoms with Crippen LogP contribution in [-0.4, -0.2) is 34.1 Å². The minimum absolute atomic E-state index is 0.111. The molecule has 6 nitrogen and oxygen atoms in total. The van der Waals surface area contributed by atoms with Gasteiger partial charge in [-0.15, -0.1) is 0 Å². The number of sulfonamides is 1. The molecule has 144 valence electrons. The summed E-state index contributed by atoms with van der Waals surface area (Å²) in [6.07, 6.45) is 3.29. The molecule has 1 aliphatic rings. The van der Waals surface area contributed by atoms with Crippen LogP contribution in [0.4, 0.5) is 5.69 Å². The van der Waals surface area contributed by atoms with E-state index in [0.717, 1.165) is 24.9 Å². The van der Waals surface area contributed by atoms with Gasteiger partial charge in [-0.2, -0.15) is 0 Å². The predicted octanol–water partition coefficient (Wildman–Crippen LogP) is 2.74. The molecule has 0 unspecified atom stereocenters. The SMILES string of the molecule is COC[C@H](C)NS(=O)(=O)c1ccc(C(=O)Nc2ccc3c(c2)CCC3)cc1. The number of amides is 1. The number of methoxy groups -OCH3 is 1. The van der Waals surface area contributed by atoms with Crippen molar-refractivity contribution in [3.8, 4) is 0 Å². The van der Waals surface area contributed by atoms with Crippen molar-refractivity contribution in [1.29, 1.82) is 0 Å². The Bertz CT molecular complexity index is 923. The lowest BCUT2D eigenvalue weighted by Crippen LogP contribution is -2.35. The minimum atomic E-state index is -3.65. The molecule has 27 heavy (non-hydrogen) atoms. The summed E-state index contributed by atoms with van der Waals surface area (Å²) in [5.41, 5.74) is 3.79. The molecule has 3 rings (SSSR count). The van der Waals surface area contributed by atoms with Gasteiger partial charge in [0.2, 0.25) is 10.0 Å². The first-order valence-corrected chi connectivity index (χ1v) is 10.4.